The molecule has 1 saturated heterocycles. The van der Waals surface area contributed by atoms with Gasteiger partial charge in [0.05, 0.1) is 12.2 Å². The molecule has 0 bridgehead atoms. The fraction of sp³-hybridized carbons (Fsp3) is 0.571. The standard InChI is InChI=1S/C14H19NO3S/c1-17-13-8-15(9-14(13)18-2)7-12-6-11(10-19-12)4-3-5-16/h6,10,13-14,16H,5,7-9H2,1-2H3. The predicted octanol–water partition coefficient (Wildman–Crippen LogP) is 0.938. The molecule has 0 aromatic carbocycles. The van der Waals surface area contributed by atoms with E-state index in [1.165, 1.54) is 4.88 Å². The summed E-state index contributed by atoms with van der Waals surface area (Å²) in [5.41, 5.74) is 0.972. The highest BCUT2D eigenvalue weighted by molar-refractivity contribution is 7.10. The van der Waals surface area contributed by atoms with Gasteiger partial charge >= 0.3 is 0 Å². The molecule has 2 heterocycles. The maximum Gasteiger partial charge on any atom is 0.104 e. The largest absolute Gasteiger partial charge is 0.384 e. The van der Waals surface area contributed by atoms with E-state index in [-0.39, 0.29) is 18.8 Å². The minimum absolute atomic E-state index is 0.0949. The third-order valence-electron chi connectivity index (χ3n) is 3.24. The van der Waals surface area contributed by atoms with Crippen molar-refractivity contribution in [1.29, 1.82) is 0 Å². The van der Waals surface area contributed by atoms with Gasteiger partial charge in [-0.1, -0.05) is 11.8 Å². The number of hydrogen-bond donors (Lipinski definition) is 1. The van der Waals surface area contributed by atoms with Gasteiger partial charge in [-0.3, -0.25) is 4.90 Å². The molecule has 0 amide bonds. The van der Waals surface area contributed by atoms with E-state index in [4.69, 9.17) is 14.6 Å². The molecule has 1 aromatic heterocycles. The Morgan fingerprint density at radius 1 is 1.37 bits per heavy atom. The summed E-state index contributed by atoms with van der Waals surface area (Å²) in [6.07, 6.45) is 0.303. The van der Waals surface area contributed by atoms with Crippen LogP contribution in [0.3, 0.4) is 0 Å². The molecule has 2 rings (SSSR count). The summed E-state index contributed by atoms with van der Waals surface area (Å²) in [7, 11) is 3.46. The quantitative estimate of drug-likeness (QED) is 0.834. The number of aliphatic hydroxyl groups is 1. The van der Waals surface area contributed by atoms with E-state index in [1.807, 2.05) is 5.38 Å². The Kier molecular flexibility index (Phi) is 5.37. The summed E-state index contributed by atoms with van der Waals surface area (Å²) in [5.74, 6) is 5.58. The number of likely N-dealkylation sites (tertiary alicyclic amines) is 1. The van der Waals surface area contributed by atoms with E-state index in [2.05, 4.69) is 22.8 Å². The summed E-state index contributed by atoms with van der Waals surface area (Å²) in [6, 6.07) is 2.08. The van der Waals surface area contributed by atoms with Crippen LogP contribution in [0.4, 0.5) is 0 Å². The van der Waals surface area contributed by atoms with Crippen LogP contribution in [0.15, 0.2) is 11.4 Å². The molecule has 5 heteroatoms. The van der Waals surface area contributed by atoms with Gasteiger partial charge in [-0.25, -0.2) is 0 Å². The molecule has 0 spiro atoms. The summed E-state index contributed by atoms with van der Waals surface area (Å²) in [5, 5.41) is 10.7. The fourth-order valence-corrected chi connectivity index (χ4v) is 3.15. The van der Waals surface area contributed by atoms with Crippen molar-refractivity contribution >= 4 is 11.3 Å². The van der Waals surface area contributed by atoms with Gasteiger partial charge in [-0.15, -0.1) is 11.3 Å². The monoisotopic (exact) mass is 281 g/mol. The van der Waals surface area contributed by atoms with Crippen LogP contribution in [0.5, 0.6) is 0 Å². The van der Waals surface area contributed by atoms with Crippen LogP contribution in [0.1, 0.15) is 10.4 Å². The van der Waals surface area contributed by atoms with Crippen LogP contribution in [0.25, 0.3) is 0 Å². The minimum Gasteiger partial charge on any atom is -0.384 e. The van der Waals surface area contributed by atoms with Gasteiger partial charge in [0.15, 0.2) is 0 Å². The molecule has 1 aromatic rings. The zero-order valence-corrected chi connectivity index (χ0v) is 12.1. The molecule has 1 fully saturated rings. The topological polar surface area (TPSA) is 41.9 Å². The van der Waals surface area contributed by atoms with E-state index in [9.17, 15) is 0 Å². The Labute approximate surface area is 117 Å². The van der Waals surface area contributed by atoms with Gasteiger partial charge in [0.2, 0.25) is 0 Å². The lowest BCUT2D eigenvalue weighted by Gasteiger charge is -2.13. The van der Waals surface area contributed by atoms with Crippen molar-refractivity contribution in [3.63, 3.8) is 0 Å². The molecule has 19 heavy (non-hydrogen) atoms. The van der Waals surface area contributed by atoms with E-state index < -0.39 is 0 Å². The van der Waals surface area contributed by atoms with Gasteiger partial charge in [-0.2, -0.15) is 0 Å². The van der Waals surface area contributed by atoms with Crippen LogP contribution in [-0.2, 0) is 16.0 Å². The molecule has 1 N–H and O–H groups in total. The third-order valence-corrected chi connectivity index (χ3v) is 4.16. The molecular weight excluding hydrogens is 262 g/mol. The Morgan fingerprint density at radius 3 is 2.63 bits per heavy atom. The van der Waals surface area contributed by atoms with Crippen LogP contribution in [0, 0.1) is 11.8 Å². The van der Waals surface area contributed by atoms with Gasteiger partial charge in [0.1, 0.15) is 6.61 Å². The normalized spacial score (nSPS) is 23.3. The molecule has 0 saturated carbocycles. The van der Waals surface area contributed by atoms with Crippen molar-refractivity contribution in [2.45, 2.75) is 18.8 Å². The number of rotatable bonds is 4. The maximum atomic E-state index is 8.67. The molecule has 2 atom stereocenters. The third kappa shape index (κ3) is 3.78. The zero-order chi connectivity index (χ0) is 13.7. The summed E-state index contributed by atoms with van der Waals surface area (Å²) in [6.45, 7) is 2.59. The van der Waals surface area contributed by atoms with E-state index in [1.54, 1.807) is 25.6 Å². The van der Waals surface area contributed by atoms with E-state index >= 15 is 0 Å². The number of ether oxygens (including phenoxy) is 2. The summed E-state index contributed by atoms with van der Waals surface area (Å²) < 4.78 is 10.9. The molecule has 2 unspecified atom stereocenters. The highest BCUT2D eigenvalue weighted by atomic mass is 32.1. The second-order valence-corrected chi connectivity index (χ2v) is 5.50. The number of hydrogen-bond acceptors (Lipinski definition) is 5. The average molecular weight is 281 g/mol. The van der Waals surface area contributed by atoms with Crippen molar-refractivity contribution in [3.05, 3.63) is 21.9 Å². The van der Waals surface area contributed by atoms with Crippen molar-refractivity contribution in [1.82, 2.24) is 4.90 Å². The first-order chi connectivity index (χ1) is 9.26. The van der Waals surface area contributed by atoms with E-state index in [0.717, 1.165) is 25.2 Å². The van der Waals surface area contributed by atoms with Gasteiger partial charge < -0.3 is 14.6 Å². The first kappa shape index (κ1) is 14.5. The Hall–Kier alpha value is -0.900. The zero-order valence-electron chi connectivity index (χ0n) is 11.3. The molecule has 1 aliphatic heterocycles. The number of aliphatic hydroxyl groups excluding tert-OH is 1. The minimum atomic E-state index is -0.0949. The van der Waals surface area contributed by atoms with Crippen LogP contribution in [0.2, 0.25) is 0 Å². The molecule has 4 nitrogen and oxygen atoms in total. The van der Waals surface area contributed by atoms with Crippen molar-refractivity contribution < 1.29 is 14.6 Å². The van der Waals surface area contributed by atoms with Crippen LogP contribution in [-0.4, -0.2) is 56.1 Å². The van der Waals surface area contributed by atoms with Crippen molar-refractivity contribution in [3.8, 4) is 11.8 Å². The predicted molar refractivity (Wildman–Crippen MR) is 75.2 cm³/mol. The van der Waals surface area contributed by atoms with Gasteiger partial charge in [0, 0.05) is 49.7 Å². The first-order valence-corrected chi connectivity index (χ1v) is 7.10. The maximum absolute atomic E-state index is 8.67. The lowest BCUT2D eigenvalue weighted by Crippen LogP contribution is -2.27. The van der Waals surface area contributed by atoms with E-state index in [0.29, 0.717) is 0 Å². The smallest absolute Gasteiger partial charge is 0.104 e. The van der Waals surface area contributed by atoms with Crippen LogP contribution < -0.4 is 0 Å². The summed E-state index contributed by atoms with van der Waals surface area (Å²) in [4.78, 5) is 3.60. The molecule has 0 aliphatic carbocycles. The molecular formula is C14H19NO3S. The molecule has 1 aliphatic rings. The summed E-state index contributed by atoms with van der Waals surface area (Å²) >= 11 is 1.70. The van der Waals surface area contributed by atoms with Crippen LogP contribution >= 0.6 is 11.3 Å². The van der Waals surface area contributed by atoms with Crippen molar-refractivity contribution in [2.75, 3.05) is 33.9 Å². The van der Waals surface area contributed by atoms with Crippen molar-refractivity contribution in [2.24, 2.45) is 0 Å². The Bertz CT molecular complexity index is 451. The average Bonchev–Trinajstić information content (AvgIpc) is 3.03. The second kappa shape index (κ2) is 7.04. The molecule has 104 valence electrons. The highest BCUT2D eigenvalue weighted by Crippen LogP contribution is 2.21. The number of thiophene rings is 1. The Morgan fingerprint density at radius 2 is 2.05 bits per heavy atom. The fourth-order valence-electron chi connectivity index (χ4n) is 2.29. The van der Waals surface area contributed by atoms with Gasteiger partial charge in [0.25, 0.3) is 0 Å². The highest BCUT2D eigenvalue weighted by Gasteiger charge is 2.32. The second-order valence-electron chi connectivity index (χ2n) is 4.50. The first-order valence-electron chi connectivity index (χ1n) is 6.22. The van der Waals surface area contributed by atoms with Gasteiger partial charge in [-0.05, 0) is 6.07 Å². The lowest BCUT2D eigenvalue weighted by atomic mass is 10.3. The number of methoxy groups -OCH3 is 2. The number of nitrogens with zero attached hydrogens (tertiary/aromatic N) is 1. The molecule has 0 radical (unpaired) electrons. The SMILES string of the molecule is COC1CN(Cc2cc(C#CCO)cs2)CC1OC. The Balaban J connectivity index is 1.93. The lowest BCUT2D eigenvalue weighted by molar-refractivity contribution is -0.00461.